The minimum Gasteiger partial charge on any atom is -0.460 e. The van der Waals surface area contributed by atoms with Gasteiger partial charge in [0.05, 0.1) is 18.8 Å². The fourth-order valence-corrected chi connectivity index (χ4v) is 3.39. The van der Waals surface area contributed by atoms with Gasteiger partial charge in [0.25, 0.3) is 5.78 Å². The van der Waals surface area contributed by atoms with Crippen LogP contribution in [0.25, 0.3) is 11.6 Å². The Kier molecular flexibility index (Phi) is 6.74. The van der Waals surface area contributed by atoms with Crippen molar-refractivity contribution in [1.82, 2.24) is 0 Å². The Morgan fingerprint density at radius 3 is 2.42 bits per heavy atom. The van der Waals surface area contributed by atoms with Crippen molar-refractivity contribution in [3.05, 3.63) is 76.8 Å². The number of methoxy groups -OCH3 is 1. The number of carbonyl (C=O) groups excluding carboxylic acids is 3. The van der Waals surface area contributed by atoms with E-state index in [-0.39, 0.29) is 13.0 Å². The summed E-state index contributed by atoms with van der Waals surface area (Å²) in [6, 6.07) is 15.7. The number of fused-ring (bicyclic) bond motifs is 1. The minimum absolute atomic E-state index is 0.0628. The van der Waals surface area contributed by atoms with Crippen molar-refractivity contribution >= 4 is 35.3 Å². The normalized spacial score (nSPS) is 14.6. The lowest BCUT2D eigenvalue weighted by Crippen LogP contribution is -2.46. The number of para-hydroxylation sites is 1. The first-order valence-electron chi connectivity index (χ1n) is 9.57. The first kappa shape index (κ1) is 21.7. The van der Waals surface area contributed by atoms with E-state index in [0.29, 0.717) is 11.3 Å². The summed E-state index contributed by atoms with van der Waals surface area (Å²) in [4.78, 5) is 41.6. The van der Waals surface area contributed by atoms with Crippen molar-refractivity contribution in [2.75, 3.05) is 12.0 Å². The number of benzene rings is 2. The maximum atomic E-state index is 13.1. The Morgan fingerprint density at radius 1 is 1.06 bits per heavy atom. The number of hydrogen-bond donors (Lipinski definition) is 0. The number of Topliss-reactive ketones (excluding diaryl/α,β-unsaturated/α-hetero) is 1. The van der Waals surface area contributed by atoms with Gasteiger partial charge in [0, 0.05) is 6.42 Å². The zero-order valence-corrected chi connectivity index (χ0v) is 17.1. The van der Waals surface area contributed by atoms with Gasteiger partial charge < -0.3 is 15.0 Å². The number of amides is 1. The third-order valence-corrected chi connectivity index (χ3v) is 4.94. The molecule has 1 aliphatic heterocycles. The monoisotopic (exact) mass is 419 g/mol. The third kappa shape index (κ3) is 4.76. The fraction of sp³-hybridized carbons (Fsp3) is 0.217. The molecule has 0 saturated heterocycles. The van der Waals surface area contributed by atoms with Crippen LogP contribution in [0.5, 0.6) is 0 Å². The predicted molar refractivity (Wildman–Crippen MR) is 113 cm³/mol. The second kappa shape index (κ2) is 9.65. The van der Waals surface area contributed by atoms with E-state index in [1.807, 2.05) is 48.5 Å². The predicted octanol–water partition coefficient (Wildman–Crippen LogP) is 3.42. The zero-order chi connectivity index (χ0) is 22.4. The number of nitrogens with zero attached hydrogens (tertiary/aromatic N) is 3. The van der Waals surface area contributed by atoms with E-state index in [1.165, 1.54) is 4.90 Å². The first-order valence-corrected chi connectivity index (χ1v) is 9.57. The first-order chi connectivity index (χ1) is 15.0. The molecular formula is C23H21N3O5. The fourth-order valence-electron chi connectivity index (χ4n) is 3.39. The molecule has 158 valence electrons. The van der Waals surface area contributed by atoms with E-state index >= 15 is 0 Å². The van der Waals surface area contributed by atoms with Crippen LogP contribution in [0.4, 0.5) is 10.5 Å². The van der Waals surface area contributed by atoms with Gasteiger partial charge in [0.1, 0.15) is 6.61 Å². The van der Waals surface area contributed by atoms with Crippen LogP contribution in [-0.4, -0.2) is 41.5 Å². The Hall–Kier alpha value is -4.03. The molecule has 1 atom stereocenters. The van der Waals surface area contributed by atoms with Crippen molar-refractivity contribution in [3.8, 4) is 0 Å². The number of hydrogen-bond acceptors (Lipinski definition) is 5. The summed E-state index contributed by atoms with van der Waals surface area (Å²) in [5.74, 6) is -1.81. The van der Waals surface area contributed by atoms with Gasteiger partial charge in [0.15, 0.2) is 0 Å². The number of ether oxygens (including phenoxy) is 2. The molecule has 0 saturated carbocycles. The summed E-state index contributed by atoms with van der Waals surface area (Å²) in [6.07, 6.45) is 0.940. The summed E-state index contributed by atoms with van der Waals surface area (Å²) in [5, 5.41) is 0. The number of ketones is 1. The molecule has 1 aliphatic rings. The molecule has 2 aromatic carbocycles. The van der Waals surface area contributed by atoms with Crippen molar-refractivity contribution < 1.29 is 28.6 Å². The van der Waals surface area contributed by atoms with Gasteiger partial charge in [0.2, 0.25) is 0 Å². The van der Waals surface area contributed by atoms with Gasteiger partial charge in [-0.05, 0) is 29.7 Å². The Morgan fingerprint density at radius 2 is 1.74 bits per heavy atom. The van der Waals surface area contributed by atoms with Crippen LogP contribution in [0.3, 0.4) is 0 Å². The molecule has 8 nitrogen and oxygen atoms in total. The summed E-state index contributed by atoms with van der Waals surface area (Å²) < 4.78 is 10.0. The summed E-state index contributed by atoms with van der Waals surface area (Å²) in [6.45, 7) is 1.84. The number of carbonyl (C=O) groups is 3. The molecule has 8 heteroatoms. The molecule has 0 aromatic heterocycles. The van der Waals surface area contributed by atoms with Gasteiger partial charge >= 0.3 is 17.8 Å². The van der Waals surface area contributed by atoms with Crippen molar-refractivity contribution in [2.45, 2.75) is 26.0 Å². The van der Waals surface area contributed by atoms with Crippen LogP contribution in [0, 0.1) is 0 Å². The van der Waals surface area contributed by atoms with Crippen LogP contribution in [-0.2, 0) is 25.7 Å². The van der Waals surface area contributed by atoms with Crippen LogP contribution in [0.15, 0.2) is 60.2 Å². The lowest BCUT2D eigenvalue weighted by molar-refractivity contribution is -0.139. The molecule has 0 spiro atoms. The molecule has 3 rings (SSSR count). The van der Waals surface area contributed by atoms with E-state index < -0.39 is 29.6 Å². The van der Waals surface area contributed by atoms with Gasteiger partial charge in [-0.3, -0.25) is 9.69 Å². The maximum absolute atomic E-state index is 13.1. The van der Waals surface area contributed by atoms with Gasteiger partial charge in [-0.15, -0.1) is 0 Å². The standard InChI is InChI=1S/C23H21N3O5/c1-15-12-17-10-6-7-11-18(17)26(23(29)31-14-16-8-4-3-5-9-16)19(15)13-20(27)21(25-24)22(28)30-2/h3-12,19H,13-14H2,1-2H3. The lowest BCUT2D eigenvalue weighted by atomic mass is 9.92. The number of esters is 1. The molecule has 0 radical (unpaired) electrons. The van der Waals surface area contributed by atoms with E-state index in [1.54, 1.807) is 19.1 Å². The quantitative estimate of drug-likeness (QED) is 0.234. The summed E-state index contributed by atoms with van der Waals surface area (Å²) >= 11 is 0. The Labute approximate surface area is 179 Å². The van der Waals surface area contributed by atoms with Crippen LogP contribution >= 0.6 is 0 Å². The molecule has 0 fully saturated rings. The van der Waals surface area contributed by atoms with E-state index in [0.717, 1.165) is 18.2 Å². The van der Waals surface area contributed by atoms with Crippen LogP contribution < -0.4 is 4.90 Å². The molecule has 1 amide bonds. The van der Waals surface area contributed by atoms with Crippen molar-refractivity contribution in [2.24, 2.45) is 0 Å². The summed E-state index contributed by atoms with van der Waals surface area (Å²) in [7, 11) is 1.08. The molecule has 2 aromatic rings. The van der Waals surface area contributed by atoms with Gasteiger partial charge in [-0.25, -0.2) is 9.59 Å². The molecule has 1 heterocycles. The van der Waals surface area contributed by atoms with Crippen molar-refractivity contribution in [3.63, 3.8) is 0 Å². The van der Waals surface area contributed by atoms with E-state index in [2.05, 4.69) is 9.53 Å². The highest BCUT2D eigenvalue weighted by atomic mass is 16.6. The average molecular weight is 419 g/mol. The highest BCUT2D eigenvalue weighted by molar-refractivity contribution is 6.62. The SMILES string of the molecule is COC(=O)C(=[N+]=[N-])C(=O)CC1C(C)=Cc2ccccc2N1C(=O)OCc1ccccc1. The maximum Gasteiger partial charge on any atom is 0.441 e. The Bertz CT molecular complexity index is 1090. The Balaban J connectivity index is 1.90. The van der Waals surface area contributed by atoms with Gasteiger partial charge in [-0.1, -0.05) is 54.6 Å². The molecule has 0 N–H and O–H groups in total. The second-order valence-corrected chi connectivity index (χ2v) is 6.94. The summed E-state index contributed by atoms with van der Waals surface area (Å²) in [5.41, 5.74) is 11.3. The highest BCUT2D eigenvalue weighted by Crippen LogP contribution is 2.34. The molecule has 0 bridgehead atoms. The van der Waals surface area contributed by atoms with Crippen LogP contribution in [0.1, 0.15) is 24.5 Å². The van der Waals surface area contributed by atoms with Crippen molar-refractivity contribution in [1.29, 1.82) is 0 Å². The molecular weight excluding hydrogens is 398 g/mol. The smallest absolute Gasteiger partial charge is 0.441 e. The van der Waals surface area contributed by atoms with Crippen LogP contribution in [0.2, 0.25) is 0 Å². The van der Waals surface area contributed by atoms with Gasteiger partial charge in [-0.2, -0.15) is 4.79 Å². The number of anilines is 1. The molecule has 0 aliphatic carbocycles. The highest BCUT2D eigenvalue weighted by Gasteiger charge is 2.38. The third-order valence-electron chi connectivity index (χ3n) is 4.94. The topological polar surface area (TPSA) is 109 Å². The lowest BCUT2D eigenvalue weighted by Gasteiger charge is -2.35. The second-order valence-electron chi connectivity index (χ2n) is 6.94. The average Bonchev–Trinajstić information content (AvgIpc) is 2.79. The minimum atomic E-state index is -1.05. The number of rotatable bonds is 6. The largest absolute Gasteiger partial charge is 0.460 e. The zero-order valence-electron chi connectivity index (χ0n) is 17.1. The van der Waals surface area contributed by atoms with E-state index in [9.17, 15) is 14.4 Å². The molecule has 31 heavy (non-hydrogen) atoms. The molecule has 1 unspecified atom stereocenters. The van der Waals surface area contributed by atoms with E-state index in [4.69, 9.17) is 10.3 Å².